The number of nitrogens with zero attached hydrogens (tertiary/aromatic N) is 2. The SMILES string of the molecule is NC(=O)c1cccnc1N1CCC2CCC(C1)N2. The van der Waals surface area contributed by atoms with E-state index in [9.17, 15) is 4.79 Å². The first-order chi connectivity index (χ1) is 8.74. The minimum Gasteiger partial charge on any atom is -0.365 e. The van der Waals surface area contributed by atoms with E-state index in [0.29, 0.717) is 17.6 Å². The molecule has 2 saturated heterocycles. The number of anilines is 1. The van der Waals surface area contributed by atoms with Crippen LogP contribution >= 0.6 is 0 Å². The van der Waals surface area contributed by atoms with Gasteiger partial charge in [-0.3, -0.25) is 4.79 Å². The molecule has 18 heavy (non-hydrogen) atoms. The normalized spacial score (nSPS) is 27.0. The molecule has 5 nitrogen and oxygen atoms in total. The van der Waals surface area contributed by atoms with Crippen molar-refractivity contribution >= 4 is 11.7 Å². The Bertz CT molecular complexity index is 462. The van der Waals surface area contributed by atoms with E-state index in [4.69, 9.17) is 5.73 Å². The van der Waals surface area contributed by atoms with Crippen LogP contribution in [0.2, 0.25) is 0 Å². The fourth-order valence-corrected chi connectivity index (χ4v) is 2.98. The molecule has 0 spiro atoms. The van der Waals surface area contributed by atoms with Gasteiger partial charge in [0.25, 0.3) is 5.91 Å². The van der Waals surface area contributed by atoms with Crippen LogP contribution in [0.15, 0.2) is 18.3 Å². The van der Waals surface area contributed by atoms with Gasteiger partial charge in [-0.2, -0.15) is 0 Å². The molecule has 0 saturated carbocycles. The van der Waals surface area contributed by atoms with Crippen molar-refractivity contribution in [3.05, 3.63) is 23.9 Å². The molecule has 3 heterocycles. The van der Waals surface area contributed by atoms with Gasteiger partial charge in [-0.15, -0.1) is 0 Å². The number of primary amides is 1. The molecule has 96 valence electrons. The second kappa shape index (κ2) is 4.57. The average molecular weight is 246 g/mol. The van der Waals surface area contributed by atoms with Crippen LogP contribution in [-0.2, 0) is 0 Å². The highest BCUT2D eigenvalue weighted by atomic mass is 16.1. The second-order valence-corrected chi connectivity index (χ2v) is 5.11. The summed E-state index contributed by atoms with van der Waals surface area (Å²) < 4.78 is 0. The molecule has 5 heteroatoms. The highest BCUT2D eigenvalue weighted by Gasteiger charge is 2.30. The predicted octanol–water partition coefficient (Wildman–Crippen LogP) is 0.511. The third-order valence-electron chi connectivity index (χ3n) is 3.87. The summed E-state index contributed by atoms with van der Waals surface area (Å²) in [5.74, 6) is 0.333. The molecule has 1 aromatic rings. The Morgan fingerprint density at radius 2 is 2.22 bits per heavy atom. The number of nitrogens with one attached hydrogen (secondary N) is 1. The highest BCUT2D eigenvalue weighted by Crippen LogP contribution is 2.25. The number of pyridine rings is 1. The van der Waals surface area contributed by atoms with Crippen LogP contribution in [0.3, 0.4) is 0 Å². The first-order valence-electron chi connectivity index (χ1n) is 6.50. The number of amides is 1. The standard InChI is InChI=1S/C13H18N4O/c14-12(18)11-2-1-6-15-13(11)17-7-5-9-3-4-10(8-17)16-9/h1-2,6,9-10,16H,3-5,7-8H2,(H2,14,18). The monoisotopic (exact) mass is 246 g/mol. The van der Waals surface area contributed by atoms with Gasteiger partial charge in [-0.1, -0.05) is 0 Å². The van der Waals surface area contributed by atoms with E-state index in [0.717, 1.165) is 25.3 Å². The van der Waals surface area contributed by atoms with E-state index in [1.807, 2.05) is 0 Å². The van der Waals surface area contributed by atoms with Gasteiger partial charge in [0.05, 0.1) is 5.56 Å². The molecule has 1 aromatic heterocycles. The topological polar surface area (TPSA) is 71.2 Å². The molecule has 3 N–H and O–H groups in total. The Kier molecular flexibility index (Phi) is 2.91. The number of hydrogen-bond acceptors (Lipinski definition) is 4. The maximum absolute atomic E-state index is 11.5. The van der Waals surface area contributed by atoms with Crippen molar-refractivity contribution in [3.8, 4) is 0 Å². The lowest BCUT2D eigenvalue weighted by Gasteiger charge is -2.26. The van der Waals surface area contributed by atoms with Gasteiger partial charge >= 0.3 is 0 Å². The number of aromatic nitrogens is 1. The Labute approximate surface area is 106 Å². The predicted molar refractivity (Wildman–Crippen MR) is 69.5 cm³/mol. The molecule has 2 atom stereocenters. The van der Waals surface area contributed by atoms with Crippen LogP contribution in [0.1, 0.15) is 29.6 Å². The minimum absolute atomic E-state index is 0.402. The van der Waals surface area contributed by atoms with Crippen LogP contribution in [-0.4, -0.2) is 36.1 Å². The van der Waals surface area contributed by atoms with Gasteiger partial charge in [0, 0.05) is 31.4 Å². The van der Waals surface area contributed by atoms with Crippen molar-refractivity contribution < 1.29 is 4.79 Å². The van der Waals surface area contributed by atoms with E-state index in [1.54, 1.807) is 18.3 Å². The van der Waals surface area contributed by atoms with Gasteiger partial charge in [-0.05, 0) is 31.4 Å². The van der Waals surface area contributed by atoms with E-state index in [1.165, 1.54) is 12.8 Å². The molecule has 2 bridgehead atoms. The smallest absolute Gasteiger partial charge is 0.252 e. The van der Waals surface area contributed by atoms with Crippen molar-refractivity contribution in [1.29, 1.82) is 0 Å². The van der Waals surface area contributed by atoms with Gasteiger partial charge in [0.2, 0.25) is 0 Å². The zero-order valence-corrected chi connectivity index (χ0v) is 10.3. The minimum atomic E-state index is -0.402. The number of rotatable bonds is 2. The number of carbonyl (C=O) groups excluding carboxylic acids is 1. The Balaban J connectivity index is 1.88. The van der Waals surface area contributed by atoms with Crippen LogP contribution in [0.4, 0.5) is 5.82 Å². The Hall–Kier alpha value is -1.62. The van der Waals surface area contributed by atoms with E-state index in [-0.39, 0.29) is 0 Å². The molecule has 0 radical (unpaired) electrons. The van der Waals surface area contributed by atoms with E-state index >= 15 is 0 Å². The summed E-state index contributed by atoms with van der Waals surface area (Å²) in [7, 11) is 0. The largest absolute Gasteiger partial charge is 0.365 e. The zero-order chi connectivity index (χ0) is 12.5. The van der Waals surface area contributed by atoms with Crippen molar-refractivity contribution in [2.24, 2.45) is 5.73 Å². The molecule has 2 fully saturated rings. The first kappa shape index (κ1) is 11.5. The lowest BCUT2D eigenvalue weighted by Crippen LogP contribution is -2.36. The van der Waals surface area contributed by atoms with E-state index < -0.39 is 5.91 Å². The number of fused-ring (bicyclic) bond motifs is 2. The summed E-state index contributed by atoms with van der Waals surface area (Å²) in [5.41, 5.74) is 5.94. The molecule has 0 aliphatic carbocycles. The average Bonchev–Trinajstić information content (AvgIpc) is 2.69. The van der Waals surface area contributed by atoms with Crippen molar-refractivity contribution in [1.82, 2.24) is 10.3 Å². The summed E-state index contributed by atoms with van der Waals surface area (Å²) in [6.45, 7) is 1.85. The van der Waals surface area contributed by atoms with Gasteiger partial charge in [0.1, 0.15) is 5.82 Å². The summed E-state index contributed by atoms with van der Waals surface area (Å²) in [6.07, 6.45) is 5.30. The third kappa shape index (κ3) is 2.06. The molecule has 2 unspecified atom stereocenters. The lowest BCUT2D eigenvalue weighted by atomic mass is 10.1. The van der Waals surface area contributed by atoms with Crippen molar-refractivity contribution in [3.63, 3.8) is 0 Å². The summed E-state index contributed by atoms with van der Waals surface area (Å²) in [4.78, 5) is 18.0. The molecule has 1 amide bonds. The van der Waals surface area contributed by atoms with Crippen LogP contribution in [0, 0.1) is 0 Å². The molecular formula is C13H18N4O. The zero-order valence-electron chi connectivity index (χ0n) is 10.3. The number of nitrogens with two attached hydrogens (primary N) is 1. The third-order valence-corrected chi connectivity index (χ3v) is 3.87. The fraction of sp³-hybridized carbons (Fsp3) is 0.538. The fourth-order valence-electron chi connectivity index (χ4n) is 2.98. The van der Waals surface area contributed by atoms with Gasteiger partial charge in [0.15, 0.2) is 0 Å². The van der Waals surface area contributed by atoms with Crippen LogP contribution in [0.5, 0.6) is 0 Å². The number of carbonyl (C=O) groups is 1. The summed E-state index contributed by atoms with van der Waals surface area (Å²) >= 11 is 0. The molecule has 3 rings (SSSR count). The maximum atomic E-state index is 11.5. The molecule has 0 aromatic carbocycles. The lowest BCUT2D eigenvalue weighted by molar-refractivity contribution is 0.100. The van der Waals surface area contributed by atoms with Crippen LogP contribution < -0.4 is 16.0 Å². The molecule has 2 aliphatic heterocycles. The van der Waals surface area contributed by atoms with E-state index in [2.05, 4.69) is 15.2 Å². The summed E-state index contributed by atoms with van der Waals surface area (Å²) in [6, 6.07) is 4.65. The van der Waals surface area contributed by atoms with Crippen molar-refractivity contribution in [2.45, 2.75) is 31.3 Å². The molecular weight excluding hydrogens is 228 g/mol. The number of hydrogen-bond donors (Lipinski definition) is 2. The van der Waals surface area contributed by atoms with Crippen LogP contribution in [0.25, 0.3) is 0 Å². The van der Waals surface area contributed by atoms with Gasteiger partial charge < -0.3 is 16.0 Å². The Morgan fingerprint density at radius 3 is 3.06 bits per heavy atom. The highest BCUT2D eigenvalue weighted by molar-refractivity contribution is 5.97. The van der Waals surface area contributed by atoms with Gasteiger partial charge in [-0.25, -0.2) is 4.98 Å². The Morgan fingerprint density at radius 1 is 1.39 bits per heavy atom. The second-order valence-electron chi connectivity index (χ2n) is 5.11. The quantitative estimate of drug-likeness (QED) is 0.797. The van der Waals surface area contributed by atoms with Crippen molar-refractivity contribution in [2.75, 3.05) is 18.0 Å². The summed E-state index contributed by atoms with van der Waals surface area (Å²) in [5, 5.41) is 3.62. The first-order valence-corrected chi connectivity index (χ1v) is 6.50. The maximum Gasteiger partial charge on any atom is 0.252 e. The molecule has 2 aliphatic rings.